The first kappa shape index (κ1) is 12.7. The van der Waals surface area contributed by atoms with Crippen LogP contribution in [0.4, 0.5) is 0 Å². The fraction of sp³-hybridized carbons (Fsp3) is 0.600. The minimum absolute atomic E-state index is 0.191. The Morgan fingerprint density at radius 1 is 1.44 bits per heavy atom. The van der Waals surface area contributed by atoms with E-state index >= 15 is 0 Å². The molecule has 0 aliphatic rings. The number of rotatable bonds is 6. The van der Waals surface area contributed by atoms with Crippen molar-refractivity contribution < 1.29 is 14.4 Å². The first-order valence-corrected chi connectivity index (χ1v) is 5.05. The molecule has 1 rings (SSSR count). The first-order valence-electron chi connectivity index (χ1n) is 5.05. The number of amides is 1. The van der Waals surface area contributed by atoms with E-state index in [-0.39, 0.29) is 12.3 Å². The second-order valence-electron chi connectivity index (χ2n) is 3.46. The number of hydroxylamine groups is 1. The Bertz CT molecular complexity index is 330. The summed E-state index contributed by atoms with van der Waals surface area (Å²) in [5.74, 6) is -0.191. The lowest BCUT2D eigenvalue weighted by Gasteiger charge is -2.05. The van der Waals surface area contributed by atoms with Crippen LogP contribution in [0, 0.1) is 13.8 Å². The summed E-state index contributed by atoms with van der Waals surface area (Å²) < 4.78 is 4.78. The fourth-order valence-corrected chi connectivity index (χ4v) is 1.29. The number of nitrogens with one attached hydrogen (secondary N) is 2. The van der Waals surface area contributed by atoms with Crippen molar-refractivity contribution in [3.8, 4) is 0 Å². The van der Waals surface area contributed by atoms with E-state index in [1.165, 1.54) is 0 Å². The van der Waals surface area contributed by atoms with Crippen molar-refractivity contribution in [1.82, 2.24) is 15.7 Å². The summed E-state index contributed by atoms with van der Waals surface area (Å²) in [5.41, 5.74) is 5.00. The minimum Gasteiger partial charge on any atom is -0.382 e. The molecule has 1 amide bonds. The molecular weight excluding hydrogens is 210 g/mol. The Labute approximate surface area is 94.3 Å². The van der Waals surface area contributed by atoms with E-state index in [0.29, 0.717) is 13.2 Å². The topological polar surface area (TPSA) is 76.2 Å². The van der Waals surface area contributed by atoms with Gasteiger partial charge in [0.25, 0.3) is 0 Å². The zero-order valence-corrected chi connectivity index (χ0v) is 9.79. The van der Waals surface area contributed by atoms with Crippen LogP contribution in [0.15, 0.2) is 0 Å². The zero-order chi connectivity index (χ0) is 12.0. The van der Waals surface area contributed by atoms with Crippen molar-refractivity contribution in [3.63, 3.8) is 0 Å². The van der Waals surface area contributed by atoms with Crippen molar-refractivity contribution >= 4 is 5.91 Å². The molecule has 0 aromatic carbocycles. The number of carbonyl (C=O) groups excluding carboxylic acids is 1. The number of hydrogen-bond acceptors (Lipinski definition) is 4. The fourth-order valence-electron chi connectivity index (χ4n) is 1.29. The van der Waals surface area contributed by atoms with E-state index in [9.17, 15) is 4.79 Å². The lowest BCUT2D eigenvalue weighted by Crippen LogP contribution is -2.27. The maximum absolute atomic E-state index is 11.5. The number of aromatic nitrogens is 2. The highest BCUT2D eigenvalue weighted by molar-refractivity contribution is 5.78. The van der Waals surface area contributed by atoms with Crippen LogP contribution in [0.25, 0.3) is 0 Å². The van der Waals surface area contributed by atoms with Gasteiger partial charge in [-0.2, -0.15) is 5.10 Å². The quantitative estimate of drug-likeness (QED) is 0.540. The summed E-state index contributed by atoms with van der Waals surface area (Å²) in [6, 6.07) is 0. The number of nitrogens with zero attached hydrogens (tertiary/aromatic N) is 1. The van der Waals surface area contributed by atoms with Gasteiger partial charge in [-0.15, -0.1) is 0 Å². The maximum atomic E-state index is 11.5. The lowest BCUT2D eigenvalue weighted by atomic mass is 10.1. The molecule has 0 saturated carbocycles. The van der Waals surface area contributed by atoms with E-state index in [2.05, 4.69) is 15.7 Å². The average Bonchev–Trinajstić information content (AvgIpc) is 2.56. The molecule has 0 aliphatic heterocycles. The van der Waals surface area contributed by atoms with Crippen molar-refractivity contribution in [3.05, 3.63) is 17.0 Å². The SMILES string of the molecule is COCCONC(=O)Cc1c(C)n[nH]c1C. The highest BCUT2D eigenvalue weighted by atomic mass is 16.7. The van der Waals surface area contributed by atoms with E-state index in [0.717, 1.165) is 17.0 Å². The molecule has 2 N–H and O–H groups in total. The van der Waals surface area contributed by atoms with Gasteiger partial charge in [-0.1, -0.05) is 0 Å². The normalized spacial score (nSPS) is 10.4. The van der Waals surface area contributed by atoms with Crippen LogP contribution in [0.3, 0.4) is 0 Å². The first-order chi connectivity index (χ1) is 7.65. The Morgan fingerprint density at radius 2 is 2.19 bits per heavy atom. The zero-order valence-electron chi connectivity index (χ0n) is 9.79. The van der Waals surface area contributed by atoms with Gasteiger partial charge < -0.3 is 4.74 Å². The summed E-state index contributed by atoms with van der Waals surface area (Å²) in [5, 5.41) is 6.84. The molecule has 90 valence electrons. The predicted molar refractivity (Wildman–Crippen MR) is 57.7 cm³/mol. The third-order valence-corrected chi connectivity index (χ3v) is 2.19. The van der Waals surface area contributed by atoms with Crippen LogP contribution in [-0.2, 0) is 20.8 Å². The number of hydrogen-bond donors (Lipinski definition) is 2. The highest BCUT2D eigenvalue weighted by Gasteiger charge is 2.11. The predicted octanol–water partition coefficient (Wildman–Crippen LogP) is 0.263. The number of aromatic amines is 1. The minimum atomic E-state index is -0.191. The van der Waals surface area contributed by atoms with Gasteiger partial charge >= 0.3 is 0 Å². The molecule has 0 unspecified atom stereocenters. The van der Waals surface area contributed by atoms with E-state index in [1.54, 1.807) is 7.11 Å². The average molecular weight is 227 g/mol. The molecular formula is C10H17N3O3. The van der Waals surface area contributed by atoms with Crippen molar-refractivity contribution in [2.75, 3.05) is 20.3 Å². The van der Waals surface area contributed by atoms with E-state index in [1.807, 2.05) is 13.8 Å². The van der Waals surface area contributed by atoms with E-state index < -0.39 is 0 Å². The summed E-state index contributed by atoms with van der Waals surface area (Å²) in [6.07, 6.45) is 0.265. The third-order valence-electron chi connectivity index (χ3n) is 2.19. The molecule has 1 aromatic heterocycles. The van der Waals surface area contributed by atoms with Crippen LogP contribution in [0.5, 0.6) is 0 Å². The Morgan fingerprint density at radius 3 is 2.75 bits per heavy atom. The second kappa shape index (κ2) is 6.24. The molecule has 0 spiro atoms. The van der Waals surface area contributed by atoms with Gasteiger partial charge in [0.1, 0.15) is 0 Å². The van der Waals surface area contributed by atoms with Crippen molar-refractivity contribution in [1.29, 1.82) is 0 Å². The molecule has 16 heavy (non-hydrogen) atoms. The Kier molecular flexibility index (Phi) is 4.94. The molecule has 6 heteroatoms. The largest absolute Gasteiger partial charge is 0.382 e. The summed E-state index contributed by atoms with van der Waals surface area (Å²) in [6.45, 7) is 4.53. The Hall–Kier alpha value is -1.40. The monoisotopic (exact) mass is 227 g/mol. The maximum Gasteiger partial charge on any atom is 0.248 e. The van der Waals surface area contributed by atoms with Gasteiger partial charge in [0.05, 0.1) is 25.3 Å². The van der Waals surface area contributed by atoms with Crippen LogP contribution in [0.1, 0.15) is 17.0 Å². The molecule has 6 nitrogen and oxygen atoms in total. The standard InChI is InChI=1S/C10H17N3O3/c1-7-9(8(2)12-11-7)6-10(14)13-16-5-4-15-3/h4-6H2,1-3H3,(H,11,12)(H,13,14). The molecule has 0 bridgehead atoms. The van der Waals surface area contributed by atoms with Gasteiger partial charge in [0, 0.05) is 18.4 Å². The van der Waals surface area contributed by atoms with Crippen LogP contribution in [-0.4, -0.2) is 36.4 Å². The molecule has 0 aliphatic carbocycles. The molecule has 0 radical (unpaired) electrons. The highest BCUT2D eigenvalue weighted by Crippen LogP contribution is 2.09. The van der Waals surface area contributed by atoms with E-state index in [4.69, 9.17) is 9.57 Å². The van der Waals surface area contributed by atoms with Crippen molar-refractivity contribution in [2.45, 2.75) is 20.3 Å². The van der Waals surface area contributed by atoms with Gasteiger partial charge in [-0.05, 0) is 13.8 Å². The second-order valence-corrected chi connectivity index (χ2v) is 3.46. The molecule has 0 fully saturated rings. The number of ether oxygens (including phenoxy) is 1. The summed E-state index contributed by atoms with van der Waals surface area (Å²) >= 11 is 0. The van der Waals surface area contributed by atoms with Crippen LogP contribution < -0.4 is 5.48 Å². The van der Waals surface area contributed by atoms with Gasteiger partial charge in [0.2, 0.25) is 5.91 Å². The van der Waals surface area contributed by atoms with Gasteiger partial charge in [-0.25, -0.2) is 5.48 Å². The summed E-state index contributed by atoms with van der Waals surface area (Å²) in [7, 11) is 1.57. The Balaban J connectivity index is 2.34. The third kappa shape index (κ3) is 3.63. The number of H-pyrrole nitrogens is 1. The smallest absolute Gasteiger partial charge is 0.248 e. The van der Waals surface area contributed by atoms with Crippen molar-refractivity contribution in [2.24, 2.45) is 0 Å². The van der Waals surface area contributed by atoms with Gasteiger partial charge in [0.15, 0.2) is 0 Å². The number of aryl methyl sites for hydroxylation is 2. The molecule has 1 heterocycles. The number of methoxy groups -OCH3 is 1. The molecule has 0 atom stereocenters. The van der Waals surface area contributed by atoms with Crippen LogP contribution >= 0.6 is 0 Å². The summed E-state index contributed by atoms with van der Waals surface area (Å²) in [4.78, 5) is 16.4. The lowest BCUT2D eigenvalue weighted by molar-refractivity contribution is -0.133. The van der Waals surface area contributed by atoms with Crippen LogP contribution in [0.2, 0.25) is 0 Å². The molecule has 1 aromatic rings. The molecule has 0 saturated heterocycles. The van der Waals surface area contributed by atoms with Gasteiger partial charge in [-0.3, -0.25) is 14.7 Å². The number of carbonyl (C=O) groups is 1.